The molecule has 4 nitrogen and oxygen atoms in total. The number of halogens is 3. The topological polar surface area (TPSA) is 72.2 Å². The molecule has 0 amide bonds. The van der Waals surface area contributed by atoms with E-state index in [1.54, 1.807) is 0 Å². The van der Waals surface area contributed by atoms with E-state index in [1.807, 2.05) is 0 Å². The monoisotopic (exact) mass is 296 g/mol. The number of hydrogen-bond donors (Lipinski definition) is 2. The molecule has 1 aromatic rings. The smallest absolute Gasteiger partial charge is 0.330 e. The fourth-order valence-electron chi connectivity index (χ4n) is 1.38. The minimum absolute atomic E-state index is 0.187. The van der Waals surface area contributed by atoms with Crippen molar-refractivity contribution in [1.29, 1.82) is 0 Å². The molecule has 0 heterocycles. The third-order valence-corrected chi connectivity index (χ3v) is 3.89. The Morgan fingerprint density at radius 3 is 2.16 bits per heavy atom. The highest BCUT2D eigenvalue weighted by Crippen LogP contribution is 2.29. The number of sulfonamides is 1. The highest BCUT2D eigenvalue weighted by molar-refractivity contribution is 7.89. The molecule has 0 saturated heterocycles. The Labute approximate surface area is 109 Å². The van der Waals surface area contributed by atoms with Crippen LogP contribution in [0.15, 0.2) is 29.2 Å². The number of alkyl halides is 3. The molecule has 0 bridgehead atoms. The van der Waals surface area contributed by atoms with Gasteiger partial charge in [-0.15, -0.1) is 0 Å². The van der Waals surface area contributed by atoms with Crippen LogP contribution in [0.1, 0.15) is 18.4 Å². The molecule has 1 aromatic carbocycles. The van der Waals surface area contributed by atoms with Crippen molar-refractivity contribution in [3.05, 3.63) is 29.8 Å². The standard InChI is InChI=1S/C11H15F3N2O2S/c12-11(13,14)9-3-5-10(6-4-9)19(17,18)16-8-2-1-7-15/h3-6,16H,1-2,7-8,15H2. The first-order valence-corrected chi connectivity index (χ1v) is 7.12. The van der Waals surface area contributed by atoms with E-state index in [1.165, 1.54) is 0 Å². The Balaban J connectivity index is 2.74. The van der Waals surface area contributed by atoms with Crippen LogP contribution >= 0.6 is 0 Å². The summed E-state index contributed by atoms with van der Waals surface area (Å²) in [6.45, 7) is 0.669. The van der Waals surface area contributed by atoms with Crippen LogP contribution in [-0.2, 0) is 16.2 Å². The van der Waals surface area contributed by atoms with Gasteiger partial charge < -0.3 is 5.73 Å². The third kappa shape index (κ3) is 4.81. The second-order valence-electron chi connectivity index (χ2n) is 3.92. The van der Waals surface area contributed by atoms with Gasteiger partial charge in [-0.1, -0.05) is 0 Å². The molecule has 0 aliphatic carbocycles. The zero-order chi connectivity index (χ0) is 14.5. The molecule has 8 heteroatoms. The molecule has 1 rings (SSSR count). The van der Waals surface area contributed by atoms with Gasteiger partial charge in [0, 0.05) is 6.54 Å². The van der Waals surface area contributed by atoms with Gasteiger partial charge in [0.1, 0.15) is 0 Å². The predicted octanol–water partition coefficient (Wildman–Crippen LogP) is 1.72. The Kier molecular flexibility index (Phi) is 5.33. The highest BCUT2D eigenvalue weighted by Gasteiger charge is 2.30. The molecule has 19 heavy (non-hydrogen) atoms. The first-order valence-electron chi connectivity index (χ1n) is 5.64. The van der Waals surface area contributed by atoms with Crippen molar-refractivity contribution in [2.24, 2.45) is 5.73 Å². The SMILES string of the molecule is NCCCCNS(=O)(=O)c1ccc(C(F)(F)F)cc1. The zero-order valence-corrected chi connectivity index (χ0v) is 10.9. The molecular weight excluding hydrogens is 281 g/mol. The lowest BCUT2D eigenvalue weighted by molar-refractivity contribution is -0.137. The van der Waals surface area contributed by atoms with Crippen LogP contribution in [0.25, 0.3) is 0 Å². The Hall–Kier alpha value is -1.12. The molecule has 0 spiro atoms. The Bertz CT molecular complexity index is 498. The van der Waals surface area contributed by atoms with Crippen LogP contribution in [0.4, 0.5) is 13.2 Å². The average molecular weight is 296 g/mol. The number of nitrogens with two attached hydrogens (primary N) is 1. The molecule has 0 fully saturated rings. The second kappa shape index (κ2) is 6.36. The number of rotatable bonds is 6. The van der Waals surface area contributed by atoms with Crippen molar-refractivity contribution in [3.8, 4) is 0 Å². The maximum Gasteiger partial charge on any atom is 0.416 e. The summed E-state index contributed by atoms with van der Waals surface area (Å²) in [6, 6.07) is 3.37. The first-order chi connectivity index (χ1) is 8.77. The third-order valence-electron chi connectivity index (χ3n) is 2.41. The molecular formula is C11H15F3N2O2S. The number of benzene rings is 1. The van der Waals surface area contributed by atoms with Gasteiger partial charge in [-0.05, 0) is 43.7 Å². The highest BCUT2D eigenvalue weighted by atomic mass is 32.2. The summed E-state index contributed by atoms with van der Waals surface area (Å²) >= 11 is 0. The van der Waals surface area contributed by atoms with Crippen molar-refractivity contribution in [1.82, 2.24) is 4.72 Å². The summed E-state index contributed by atoms with van der Waals surface area (Å²) < 4.78 is 62.7. The van der Waals surface area contributed by atoms with Gasteiger partial charge in [-0.3, -0.25) is 0 Å². The summed E-state index contributed by atoms with van der Waals surface area (Å²) in [5, 5.41) is 0. The van der Waals surface area contributed by atoms with Gasteiger partial charge in [0.05, 0.1) is 10.5 Å². The lowest BCUT2D eigenvalue weighted by Crippen LogP contribution is -2.25. The quantitative estimate of drug-likeness (QED) is 0.785. The van der Waals surface area contributed by atoms with Crippen LogP contribution in [0.2, 0.25) is 0 Å². The van der Waals surface area contributed by atoms with E-state index in [9.17, 15) is 21.6 Å². The van der Waals surface area contributed by atoms with Crippen molar-refractivity contribution >= 4 is 10.0 Å². The minimum Gasteiger partial charge on any atom is -0.330 e. The Morgan fingerprint density at radius 1 is 1.11 bits per heavy atom. The van der Waals surface area contributed by atoms with E-state index in [2.05, 4.69) is 4.72 Å². The normalized spacial score (nSPS) is 12.6. The molecule has 0 unspecified atom stereocenters. The van der Waals surface area contributed by atoms with E-state index >= 15 is 0 Å². The van der Waals surface area contributed by atoms with Crippen molar-refractivity contribution < 1.29 is 21.6 Å². The maximum atomic E-state index is 12.3. The number of nitrogens with one attached hydrogen (secondary N) is 1. The molecule has 0 radical (unpaired) electrons. The van der Waals surface area contributed by atoms with Gasteiger partial charge in [0.2, 0.25) is 10.0 Å². The summed E-state index contributed by atoms with van der Waals surface area (Å²) in [5.41, 5.74) is 4.38. The van der Waals surface area contributed by atoms with Crippen molar-refractivity contribution in [2.75, 3.05) is 13.1 Å². The molecule has 0 aliphatic rings. The molecule has 0 aliphatic heterocycles. The molecule has 0 aromatic heterocycles. The van der Waals surface area contributed by atoms with E-state index in [0.29, 0.717) is 19.4 Å². The maximum absolute atomic E-state index is 12.3. The van der Waals surface area contributed by atoms with Crippen molar-refractivity contribution in [3.63, 3.8) is 0 Å². The van der Waals surface area contributed by atoms with Gasteiger partial charge >= 0.3 is 6.18 Å². The summed E-state index contributed by atoms with van der Waals surface area (Å²) in [7, 11) is -3.76. The largest absolute Gasteiger partial charge is 0.416 e. The Morgan fingerprint density at radius 2 is 1.68 bits per heavy atom. The van der Waals surface area contributed by atoms with Crippen LogP contribution in [0.3, 0.4) is 0 Å². The predicted molar refractivity (Wildman–Crippen MR) is 64.9 cm³/mol. The van der Waals surface area contributed by atoms with Gasteiger partial charge in [0.25, 0.3) is 0 Å². The van der Waals surface area contributed by atoms with Gasteiger partial charge in [-0.25, -0.2) is 13.1 Å². The number of hydrogen-bond acceptors (Lipinski definition) is 3. The van der Waals surface area contributed by atoms with Crippen LogP contribution in [-0.4, -0.2) is 21.5 Å². The molecule has 3 N–H and O–H groups in total. The lowest BCUT2D eigenvalue weighted by Gasteiger charge is -2.09. The van der Waals surface area contributed by atoms with Gasteiger partial charge in [0.15, 0.2) is 0 Å². The van der Waals surface area contributed by atoms with E-state index in [0.717, 1.165) is 24.3 Å². The molecule has 0 atom stereocenters. The summed E-state index contributed by atoms with van der Waals surface area (Å²) in [5.74, 6) is 0. The number of unbranched alkanes of at least 4 members (excludes halogenated alkanes) is 1. The second-order valence-corrected chi connectivity index (χ2v) is 5.68. The van der Waals surface area contributed by atoms with Crippen molar-refractivity contribution in [2.45, 2.75) is 23.9 Å². The fourth-order valence-corrected chi connectivity index (χ4v) is 2.46. The van der Waals surface area contributed by atoms with Crippen LogP contribution in [0, 0.1) is 0 Å². The zero-order valence-electron chi connectivity index (χ0n) is 10.1. The fraction of sp³-hybridized carbons (Fsp3) is 0.455. The van der Waals surface area contributed by atoms with E-state index < -0.39 is 21.8 Å². The minimum atomic E-state index is -4.48. The first kappa shape index (κ1) is 15.9. The molecule has 0 saturated carbocycles. The van der Waals surface area contributed by atoms with Crippen LogP contribution in [0.5, 0.6) is 0 Å². The average Bonchev–Trinajstić information content (AvgIpc) is 2.34. The van der Waals surface area contributed by atoms with E-state index in [-0.39, 0.29) is 11.4 Å². The summed E-state index contributed by atoms with van der Waals surface area (Å²) in [6.07, 6.45) is -3.22. The van der Waals surface area contributed by atoms with E-state index in [4.69, 9.17) is 5.73 Å². The molecule has 108 valence electrons. The summed E-state index contributed by atoms with van der Waals surface area (Å²) in [4.78, 5) is -0.187. The lowest BCUT2D eigenvalue weighted by atomic mass is 10.2. The van der Waals surface area contributed by atoms with Gasteiger partial charge in [-0.2, -0.15) is 13.2 Å². The van der Waals surface area contributed by atoms with Crippen LogP contribution < -0.4 is 10.5 Å².